The fraction of sp³-hybridized carbons (Fsp3) is 0.333. The summed E-state index contributed by atoms with van der Waals surface area (Å²) in [5.41, 5.74) is 2.59. The maximum absolute atomic E-state index is 14.0. The van der Waals surface area contributed by atoms with Gasteiger partial charge in [-0.1, -0.05) is 18.2 Å². The van der Waals surface area contributed by atoms with E-state index in [0.29, 0.717) is 18.8 Å². The fourth-order valence-electron chi connectivity index (χ4n) is 2.72. The van der Waals surface area contributed by atoms with E-state index in [1.54, 1.807) is 19.1 Å². The lowest BCUT2D eigenvalue weighted by Gasteiger charge is -2.18. The lowest BCUT2D eigenvalue weighted by Crippen LogP contribution is -2.34. The molecule has 0 spiro atoms. The highest BCUT2D eigenvalue weighted by molar-refractivity contribution is 5.97. The fourth-order valence-corrected chi connectivity index (χ4v) is 2.72. The maximum Gasteiger partial charge on any atom is 0.330 e. The molecule has 1 atom stereocenters. The Morgan fingerprint density at radius 1 is 1.18 bits per heavy atom. The number of methoxy groups -OCH3 is 1. The highest BCUT2D eigenvalue weighted by Crippen LogP contribution is 2.22. The largest absolute Gasteiger partial charge is 0.479 e. The van der Waals surface area contributed by atoms with Crippen LogP contribution in [-0.2, 0) is 20.9 Å². The van der Waals surface area contributed by atoms with Crippen LogP contribution in [0.1, 0.15) is 38.7 Å². The number of carboxylic acids is 1. The van der Waals surface area contributed by atoms with Crippen molar-refractivity contribution in [2.45, 2.75) is 26.5 Å². The molecule has 0 aromatic heterocycles. The summed E-state index contributed by atoms with van der Waals surface area (Å²) < 4.78 is 24.1. The van der Waals surface area contributed by atoms with Gasteiger partial charge in [0.05, 0.1) is 19.8 Å². The number of rotatable bonds is 9. The van der Waals surface area contributed by atoms with Gasteiger partial charge in [-0.15, -0.1) is 0 Å². The van der Waals surface area contributed by atoms with Gasteiger partial charge in [0, 0.05) is 18.2 Å². The van der Waals surface area contributed by atoms with Crippen molar-refractivity contribution in [1.29, 1.82) is 0 Å². The van der Waals surface area contributed by atoms with Crippen LogP contribution in [-0.4, -0.2) is 37.3 Å². The van der Waals surface area contributed by atoms with Gasteiger partial charge in [-0.2, -0.15) is 0 Å². The molecule has 150 valence electrons. The van der Waals surface area contributed by atoms with Crippen molar-refractivity contribution in [3.05, 3.63) is 70.0 Å². The van der Waals surface area contributed by atoms with E-state index >= 15 is 0 Å². The second-order valence-corrected chi connectivity index (χ2v) is 6.39. The third-order valence-corrected chi connectivity index (χ3v) is 4.48. The first-order valence-corrected chi connectivity index (χ1v) is 8.80. The predicted octanol–water partition coefficient (Wildman–Crippen LogP) is 3.16. The highest BCUT2D eigenvalue weighted by Gasteiger charge is 2.25. The van der Waals surface area contributed by atoms with E-state index in [9.17, 15) is 19.1 Å². The van der Waals surface area contributed by atoms with Crippen LogP contribution in [0.15, 0.2) is 36.4 Å². The molecule has 0 saturated carbocycles. The zero-order valence-corrected chi connectivity index (χ0v) is 16.1. The van der Waals surface area contributed by atoms with Gasteiger partial charge < -0.3 is 19.9 Å². The average molecular weight is 389 g/mol. The Hall–Kier alpha value is -2.77. The Morgan fingerprint density at radius 2 is 1.93 bits per heavy atom. The Morgan fingerprint density at radius 3 is 2.61 bits per heavy atom. The monoisotopic (exact) mass is 389 g/mol. The summed E-state index contributed by atoms with van der Waals surface area (Å²) in [6.07, 6.45) is 0. The lowest BCUT2D eigenvalue weighted by atomic mass is 9.97. The number of benzene rings is 2. The van der Waals surface area contributed by atoms with Crippen LogP contribution in [0.2, 0.25) is 0 Å². The Bertz CT molecular complexity index is 853. The van der Waals surface area contributed by atoms with E-state index in [2.05, 4.69) is 5.32 Å². The molecule has 0 saturated heterocycles. The van der Waals surface area contributed by atoms with E-state index in [-0.39, 0.29) is 17.7 Å². The molecular weight excluding hydrogens is 365 g/mol. The third-order valence-electron chi connectivity index (χ3n) is 4.48. The summed E-state index contributed by atoms with van der Waals surface area (Å²) in [6, 6.07) is 7.91. The van der Waals surface area contributed by atoms with Gasteiger partial charge in [0.25, 0.3) is 5.91 Å². The highest BCUT2D eigenvalue weighted by atomic mass is 19.1. The summed E-state index contributed by atoms with van der Waals surface area (Å²) >= 11 is 0. The number of carboxylic acid groups (broad SMARTS) is 1. The van der Waals surface area contributed by atoms with Gasteiger partial charge in [0.15, 0.2) is 6.04 Å². The minimum Gasteiger partial charge on any atom is -0.479 e. The number of nitrogens with one attached hydrogen (secondary N) is 1. The third kappa shape index (κ3) is 5.37. The molecule has 1 amide bonds. The molecule has 6 nitrogen and oxygen atoms in total. The molecule has 0 heterocycles. The van der Waals surface area contributed by atoms with E-state index in [1.807, 2.05) is 13.0 Å². The first-order valence-electron chi connectivity index (χ1n) is 8.80. The molecular formula is C21H24FNO5. The average Bonchev–Trinajstić information content (AvgIpc) is 2.66. The smallest absolute Gasteiger partial charge is 0.330 e. The van der Waals surface area contributed by atoms with Gasteiger partial charge in [-0.25, -0.2) is 9.18 Å². The first-order chi connectivity index (χ1) is 13.3. The lowest BCUT2D eigenvalue weighted by molar-refractivity contribution is -0.139. The second kappa shape index (κ2) is 9.96. The summed E-state index contributed by atoms with van der Waals surface area (Å²) in [4.78, 5) is 24.4. The molecule has 0 fully saturated rings. The van der Waals surface area contributed by atoms with Crippen molar-refractivity contribution < 1.29 is 28.6 Å². The first kappa shape index (κ1) is 21.5. The summed E-state index contributed by atoms with van der Waals surface area (Å²) in [7, 11) is 1.53. The van der Waals surface area contributed by atoms with Crippen LogP contribution < -0.4 is 5.32 Å². The SMILES string of the molecule is COCCOCc1cc(C(=O)NC(C(=O)O)c2cccc(C)c2C)ccc1F. The van der Waals surface area contributed by atoms with Crippen LogP contribution in [0.4, 0.5) is 4.39 Å². The molecule has 7 heteroatoms. The molecule has 0 aliphatic rings. The van der Waals surface area contributed by atoms with Crippen molar-refractivity contribution in [3.63, 3.8) is 0 Å². The van der Waals surface area contributed by atoms with Gasteiger partial charge >= 0.3 is 5.97 Å². The Kier molecular flexibility index (Phi) is 7.66. The van der Waals surface area contributed by atoms with Gasteiger partial charge in [0.2, 0.25) is 0 Å². The van der Waals surface area contributed by atoms with E-state index in [0.717, 1.165) is 17.2 Å². The minimum atomic E-state index is -1.21. The number of aliphatic carboxylic acids is 1. The number of aryl methyl sites for hydroxylation is 1. The zero-order valence-electron chi connectivity index (χ0n) is 16.1. The molecule has 2 aromatic rings. The van der Waals surface area contributed by atoms with Crippen molar-refractivity contribution in [2.24, 2.45) is 0 Å². The van der Waals surface area contributed by atoms with Gasteiger partial charge in [0.1, 0.15) is 5.82 Å². The molecule has 28 heavy (non-hydrogen) atoms. The van der Waals surface area contributed by atoms with Crippen molar-refractivity contribution in [1.82, 2.24) is 5.32 Å². The number of amides is 1. The zero-order chi connectivity index (χ0) is 20.7. The molecule has 2 rings (SSSR count). The molecule has 2 aromatic carbocycles. The van der Waals surface area contributed by atoms with Crippen LogP contribution >= 0.6 is 0 Å². The molecule has 1 unspecified atom stereocenters. The summed E-state index contributed by atoms with van der Waals surface area (Å²) in [5.74, 6) is -2.28. The quantitative estimate of drug-likeness (QED) is 0.644. The second-order valence-electron chi connectivity index (χ2n) is 6.39. The van der Waals surface area contributed by atoms with Crippen molar-refractivity contribution >= 4 is 11.9 Å². The number of hydrogen-bond acceptors (Lipinski definition) is 4. The number of halogens is 1. The van der Waals surface area contributed by atoms with Crippen molar-refractivity contribution in [2.75, 3.05) is 20.3 Å². The Labute approximate surface area is 163 Å². The van der Waals surface area contributed by atoms with Crippen LogP contribution in [0.5, 0.6) is 0 Å². The van der Waals surface area contributed by atoms with Crippen molar-refractivity contribution in [3.8, 4) is 0 Å². The number of carbonyl (C=O) groups is 2. The molecule has 2 N–H and O–H groups in total. The van der Waals surface area contributed by atoms with E-state index in [4.69, 9.17) is 9.47 Å². The molecule has 0 bridgehead atoms. The summed E-state index contributed by atoms with van der Waals surface area (Å²) in [5, 5.41) is 12.1. The predicted molar refractivity (Wildman–Crippen MR) is 102 cm³/mol. The van der Waals surface area contributed by atoms with Gasteiger partial charge in [-0.05, 0) is 48.7 Å². The Balaban J connectivity index is 2.20. The molecule has 0 aliphatic carbocycles. The molecule has 0 aliphatic heterocycles. The van der Waals surface area contributed by atoms with Crippen LogP contribution in [0.25, 0.3) is 0 Å². The topological polar surface area (TPSA) is 84.9 Å². The summed E-state index contributed by atoms with van der Waals surface area (Å²) in [6.45, 7) is 4.32. The minimum absolute atomic E-state index is 0.0182. The van der Waals surface area contributed by atoms with Crippen LogP contribution in [0.3, 0.4) is 0 Å². The molecule has 0 radical (unpaired) electrons. The standard InChI is InChI=1S/C21H24FNO5/c1-13-5-4-6-17(14(13)2)19(21(25)26)23-20(24)15-7-8-18(22)16(11-15)12-28-10-9-27-3/h4-8,11,19H,9-10,12H2,1-3H3,(H,23,24)(H,25,26). The van der Waals surface area contributed by atoms with Crippen LogP contribution in [0, 0.1) is 19.7 Å². The van der Waals surface area contributed by atoms with Gasteiger partial charge in [-0.3, -0.25) is 4.79 Å². The number of carbonyl (C=O) groups excluding carboxylic acids is 1. The number of hydrogen-bond donors (Lipinski definition) is 2. The number of ether oxygens (including phenoxy) is 2. The van der Waals surface area contributed by atoms with E-state index in [1.165, 1.54) is 19.2 Å². The maximum atomic E-state index is 14.0. The van der Waals surface area contributed by atoms with E-state index < -0.39 is 23.7 Å². The normalized spacial score (nSPS) is 11.9.